The van der Waals surface area contributed by atoms with Crippen LogP contribution >= 0.6 is 0 Å². The van der Waals surface area contributed by atoms with Crippen LogP contribution in [0.25, 0.3) is 55.6 Å². The zero-order valence-corrected chi connectivity index (χ0v) is 38.0. The highest BCUT2D eigenvalue weighted by atomic mass is 15.2. The summed E-state index contributed by atoms with van der Waals surface area (Å²) >= 11 is 0. The van der Waals surface area contributed by atoms with Gasteiger partial charge in [-0.2, -0.15) is 0 Å². The summed E-state index contributed by atoms with van der Waals surface area (Å²) in [5.74, 6) is 0. The van der Waals surface area contributed by atoms with Gasteiger partial charge in [0.2, 0.25) is 0 Å². The first-order chi connectivity index (χ1) is 34.2. The normalized spacial score (nSPS) is 12.7. The Bertz CT molecular complexity index is 3610. The van der Waals surface area contributed by atoms with Crippen LogP contribution in [0.5, 0.6) is 0 Å². The van der Waals surface area contributed by atoms with E-state index in [1.54, 1.807) is 0 Å². The fourth-order valence-electron chi connectivity index (χ4n) is 11.2. The highest BCUT2D eigenvalue weighted by Crippen LogP contribution is 2.64. The summed E-state index contributed by atoms with van der Waals surface area (Å²) in [7, 11) is 0. The molecular formula is C67H46N2. The van der Waals surface area contributed by atoms with Crippen LogP contribution in [0.1, 0.15) is 22.3 Å². The lowest BCUT2D eigenvalue weighted by Gasteiger charge is -2.45. The second-order valence-electron chi connectivity index (χ2n) is 18.0. The summed E-state index contributed by atoms with van der Waals surface area (Å²) in [6.45, 7) is 0. The van der Waals surface area contributed by atoms with Crippen molar-refractivity contribution < 1.29 is 0 Å². The van der Waals surface area contributed by atoms with E-state index in [0.29, 0.717) is 0 Å². The van der Waals surface area contributed by atoms with Gasteiger partial charge in [-0.15, -0.1) is 0 Å². The molecule has 0 unspecified atom stereocenters. The van der Waals surface area contributed by atoms with Gasteiger partial charge in [0.25, 0.3) is 0 Å². The number of benzene rings is 11. The highest BCUT2D eigenvalue weighted by molar-refractivity contribution is 5.98. The van der Waals surface area contributed by atoms with E-state index in [9.17, 15) is 0 Å². The van der Waals surface area contributed by atoms with Crippen molar-refractivity contribution in [3.8, 4) is 55.6 Å². The molecule has 13 rings (SSSR count). The van der Waals surface area contributed by atoms with Gasteiger partial charge >= 0.3 is 0 Å². The van der Waals surface area contributed by atoms with Crippen LogP contribution < -0.4 is 9.80 Å². The molecule has 1 heterocycles. The number of anilines is 6. The lowest BCUT2D eigenvalue weighted by molar-refractivity contribution is 0.752. The Balaban J connectivity index is 1.02. The number of hydrogen-bond donors (Lipinski definition) is 0. The third-order valence-electron chi connectivity index (χ3n) is 14.3. The van der Waals surface area contributed by atoms with Crippen molar-refractivity contribution in [1.29, 1.82) is 0 Å². The first kappa shape index (κ1) is 40.3. The molecule has 11 aromatic carbocycles. The Morgan fingerprint density at radius 1 is 0.261 bits per heavy atom. The van der Waals surface area contributed by atoms with Gasteiger partial charge in [0.15, 0.2) is 0 Å². The van der Waals surface area contributed by atoms with Gasteiger partial charge < -0.3 is 9.80 Å². The van der Waals surface area contributed by atoms with Crippen LogP contribution in [0.15, 0.2) is 279 Å². The molecular weight excluding hydrogens is 833 g/mol. The van der Waals surface area contributed by atoms with Gasteiger partial charge in [0, 0.05) is 22.6 Å². The number of hydrogen-bond acceptors (Lipinski definition) is 2. The topological polar surface area (TPSA) is 6.48 Å². The molecule has 0 saturated heterocycles. The summed E-state index contributed by atoms with van der Waals surface area (Å²) in [6.07, 6.45) is 0. The van der Waals surface area contributed by atoms with Gasteiger partial charge in [-0.05, 0) is 133 Å². The molecule has 1 aliphatic heterocycles. The molecule has 324 valence electrons. The van der Waals surface area contributed by atoms with E-state index in [4.69, 9.17) is 0 Å². The summed E-state index contributed by atoms with van der Waals surface area (Å²) in [4.78, 5) is 4.92. The van der Waals surface area contributed by atoms with Crippen molar-refractivity contribution in [2.24, 2.45) is 0 Å². The lowest BCUT2D eigenvalue weighted by atomic mass is 9.64. The first-order valence-electron chi connectivity index (χ1n) is 23.8. The molecule has 2 aliphatic rings. The Kier molecular flexibility index (Phi) is 9.77. The standard InChI is InChI=1S/C67H46N2/c1-4-19-47(20-5-1)49-35-37-50(38-36-49)51-39-41-55(42-40-51)68(64-32-15-11-27-57(64)53-24-18-23-52(45-53)48-21-6-2-7-22-48)56-43-44-59-58-28-10-12-29-60(58)67(63(59)46-56)61-30-13-16-33-65(61)69(54-25-8-3-9-26-54)66-34-17-14-31-62(66)67/h1-46H. The minimum absolute atomic E-state index is 0.592. The van der Waals surface area contributed by atoms with Crippen LogP contribution in [0.3, 0.4) is 0 Å². The molecule has 2 heteroatoms. The monoisotopic (exact) mass is 878 g/mol. The summed E-state index contributed by atoms with van der Waals surface area (Å²) in [5.41, 5.74) is 23.3. The van der Waals surface area contributed by atoms with Gasteiger partial charge in [0.1, 0.15) is 0 Å². The molecule has 0 amide bonds. The van der Waals surface area contributed by atoms with E-state index < -0.39 is 5.41 Å². The Morgan fingerprint density at radius 3 is 1.33 bits per heavy atom. The fraction of sp³-hybridized carbons (Fsp3) is 0.0149. The lowest BCUT2D eigenvalue weighted by Crippen LogP contribution is -2.36. The molecule has 0 aromatic heterocycles. The first-order valence-corrected chi connectivity index (χ1v) is 23.8. The van der Waals surface area contributed by atoms with Crippen molar-refractivity contribution in [3.05, 3.63) is 301 Å². The molecule has 0 fully saturated rings. The zero-order chi connectivity index (χ0) is 45.7. The fourth-order valence-corrected chi connectivity index (χ4v) is 11.2. The number of para-hydroxylation sites is 4. The van der Waals surface area contributed by atoms with E-state index >= 15 is 0 Å². The molecule has 11 aromatic rings. The van der Waals surface area contributed by atoms with Crippen LogP contribution in [0.2, 0.25) is 0 Å². The summed E-state index contributed by atoms with van der Waals surface area (Å²) in [6, 6.07) is 102. The molecule has 1 spiro atoms. The summed E-state index contributed by atoms with van der Waals surface area (Å²) in [5, 5.41) is 0. The third-order valence-corrected chi connectivity index (χ3v) is 14.3. The van der Waals surface area contributed by atoms with E-state index in [1.165, 1.54) is 78.1 Å². The average molecular weight is 879 g/mol. The van der Waals surface area contributed by atoms with Gasteiger partial charge in [-0.25, -0.2) is 0 Å². The minimum atomic E-state index is -0.592. The van der Waals surface area contributed by atoms with Crippen molar-refractivity contribution in [2.75, 3.05) is 9.80 Å². The van der Waals surface area contributed by atoms with Crippen LogP contribution in [-0.4, -0.2) is 0 Å². The third kappa shape index (κ3) is 6.64. The quantitative estimate of drug-likeness (QED) is 0.150. The largest absolute Gasteiger partial charge is 0.310 e. The Hall–Kier alpha value is -8.98. The SMILES string of the molecule is c1ccc(-c2ccc(-c3ccc(N(c4ccc5c(c4)C4(c6ccccc6-5)c5ccccc5N(c5ccccc5)c5ccccc54)c4ccccc4-c4cccc(-c5ccccc5)c4)cc3)cc2)cc1. The van der Waals surface area contributed by atoms with Crippen molar-refractivity contribution in [2.45, 2.75) is 5.41 Å². The molecule has 0 N–H and O–H groups in total. The van der Waals surface area contributed by atoms with E-state index in [0.717, 1.165) is 33.9 Å². The van der Waals surface area contributed by atoms with Crippen molar-refractivity contribution in [3.63, 3.8) is 0 Å². The van der Waals surface area contributed by atoms with Crippen LogP contribution in [0.4, 0.5) is 34.1 Å². The van der Waals surface area contributed by atoms with Crippen LogP contribution in [0, 0.1) is 0 Å². The minimum Gasteiger partial charge on any atom is -0.310 e. The van der Waals surface area contributed by atoms with Gasteiger partial charge in [-0.1, -0.05) is 218 Å². The van der Waals surface area contributed by atoms with Crippen molar-refractivity contribution in [1.82, 2.24) is 0 Å². The second-order valence-corrected chi connectivity index (χ2v) is 18.0. The predicted octanol–water partition coefficient (Wildman–Crippen LogP) is 18.0. The van der Waals surface area contributed by atoms with Gasteiger partial charge in [-0.3, -0.25) is 0 Å². The summed E-state index contributed by atoms with van der Waals surface area (Å²) < 4.78 is 0. The number of nitrogens with zero attached hydrogens (tertiary/aromatic N) is 2. The number of fused-ring (bicyclic) bond motifs is 9. The zero-order valence-electron chi connectivity index (χ0n) is 38.0. The van der Waals surface area contributed by atoms with E-state index in [1.807, 2.05) is 0 Å². The Labute approximate surface area is 404 Å². The molecule has 1 aliphatic carbocycles. The van der Waals surface area contributed by atoms with E-state index in [2.05, 4.69) is 289 Å². The smallest absolute Gasteiger partial charge is 0.0755 e. The predicted molar refractivity (Wildman–Crippen MR) is 288 cm³/mol. The number of rotatable bonds is 8. The second kappa shape index (κ2) is 16.7. The van der Waals surface area contributed by atoms with Crippen molar-refractivity contribution >= 4 is 34.1 Å². The van der Waals surface area contributed by atoms with Crippen LogP contribution in [-0.2, 0) is 5.41 Å². The Morgan fingerprint density at radius 2 is 0.696 bits per heavy atom. The maximum absolute atomic E-state index is 2.49. The molecule has 0 atom stereocenters. The van der Waals surface area contributed by atoms with Gasteiger partial charge in [0.05, 0.1) is 22.5 Å². The van der Waals surface area contributed by atoms with E-state index in [-0.39, 0.29) is 0 Å². The molecule has 0 saturated carbocycles. The molecule has 2 nitrogen and oxygen atoms in total. The maximum Gasteiger partial charge on any atom is 0.0755 e. The molecule has 0 bridgehead atoms. The molecule has 0 radical (unpaired) electrons. The maximum atomic E-state index is 2.49. The molecule has 69 heavy (non-hydrogen) atoms. The highest BCUT2D eigenvalue weighted by Gasteiger charge is 2.51. The average Bonchev–Trinajstić information content (AvgIpc) is 3.72.